The number of oxime groups is 1. The summed E-state index contributed by atoms with van der Waals surface area (Å²) < 4.78 is 38.2. The van der Waals surface area contributed by atoms with Crippen molar-refractivity contribution in [3.8, 4) is 0 Å². The molecule has 0 aliphatic carbocycles. The molecular formula is C21H20F3N3O2. The topological polar surface area (TPSA) is 53.9 Å². The molecule has 0 atom stereocenters. The van der Waals surface area contributed by atoms with E-state index < -0.39 is 17.3 Å². The van der Waals surface area contributed by atoms with E-state index in [2.05, 4.69) is 10.5 Å². The van der Waals surface area contributed by atoms with Gasteiger partial charge in [-0.05, 0) is 29.8 Å². The first-order valence-corrected chi connectivity index (χ1v) is 9.38. The summed E-state index contributed by atoms with van der Waals surface area (Å²) in [6, 6.07) is 14.0. The van der Waals surface area contributed by atoms with Crippen LogP contribution in [-0.4, -0.2) is 35.3 Å². The van der Waals surface area contributed by atoms with Gasteiger partial charge in [-0.25, -0.2) is 4.79 Å². The zero-order chi connectivity index (χ0) is 20.5. The van der Waals surface area contributed by atoms with Crippen molar-refractivity contribution in [1.29, 1.82) is 0 Å². The first-order chi connectivity index (χ1) is 13.8. The highest BCUT2D eigenvalue weighted by Gasteiger charge is 2.43. The van der Waals surface area contributed by atoms with E-state index in [9.17, 15) is 18.0 Å². The van der Waals surface area contributed by atoms with Crippen LogP contribution < -0.4 is 5.32 Å². The van der Waals surface area contributed by atoms with Crippen LogP contribution in [0, 0.1) is 0 Å². The number of nitrogens with one attached hydrogen (secondary N) is 1. The Labute approximate surface area is 166 Å². The third kappa shape index (κ3) is 4.21. The molecule has 2 aromatic carbocycles. The van der Waals surface area contributed by atoms with Gasteiger partial charge in [0.2, 0.25) is 0 Å². The fraction of sp³-hybridized carbons (Fsp3) is 0.333. The molecule has 4 rings (SSSR count). The second kappa shape index (κ2) is 7.42. The molecule has 2 aliphatic heterocycles. The van der Waals surface area contributed by atoms with Gasteiger partial charge in [-0.15, -0.1) is 0 Å². The van der Waals surface area contributed by atoms with Crippen LogP contribution in [-0.2, 0) is 11.0 Å². The second-order valence-electron chi connectivity index (χ2n) is 7.35. The SMILES string of the molecule is O=C(Nc1ccccc1)N1CCC2(CC1)CC(c1ccc(C(F)(F)F)cc1)=NO2. The molecule has 0 unspecified atom stereocenters. The molecule has 1 saturated heterocycles. The van der Waals surface area contributed by atoms with Crippen LogP contribution in [0.5, 0.6) is 0 Å². The number of piperidine rings is 1. The van der Waals surface area contributed by atoms with E-state index in [1.807, 2.05) is 30.3 Å². The molecule has 0 saturated carbocycles. The quantitative estimate of drug-likeness (QED) is 0.776. The van der Waals surface area contributed by atoms with E-state index >= 15 is 0 Å². The van der Waals surface area contributed by atoms with Gasteiger partial charge in [0, 0.05) is 38.0 Å². The van der Waals surface area contributed by atoms with Gasteiger partial charge in [-0.3, -0.25) is 0 Å². The van der Waals surface area contributed by atoms with Gasteiger partial charge < -0.3 is 15.1 Å². The van der Waals surface area contributed by atoms with Gasteiger partial charge in [0.15, 0.2) is 0 Å². The number of carbonyl (C=O) groups excluding carboxylic acids is 1. The molecule has 2 amide bonds. The molecule has 1 fully saturated rings. The molecule has 5 nitrogen and oxygen atoms in total. The summed E-state index contributed by atoms with van der Waals surface area (Å²) in [4.78, 5) is 19.9. The van der Waals surface area contributed by atoms with E-state index in [0.29, 0.717) is 43.6 Å². The Morgan fingerprint density at radius 3 is 2.31 bits per heavy atom. The fourth-order valence-electron chi connectivity index (χ4n) is 3.64. The molecule has 2 aliphatic rings. The highest BCUT2D eigenvalue weighted by Crippen LogP contribution is 2.37. The summed E-state index contributed by atoms with van der Waals surface area (Å²) in [5.74, 6) is 0. The number of halogens is 3. The highest BCUT2D eigenvalue weighted by molar-refractivity contribution is 6.01. The van der Waals surface area contributed by atoms with E-state index in [1.54, 1.807) is 4.90 Å². The number of carbonyl (C=O) groups is 1. The van der Waals surface area contributed by atoms with Crippen molar-refractivity contribution in [2.24, 2.45) is 5.16 Å². The van der Waals surface area contributed by atoms with E-state index in [-0.39, 0.29) is 6.03 Å². The van der Waals surface area contributed by atoms with Crippen LogP contribution in [0.15, 0.2) is 59.8 Å². The summed E-state index contributed by atoms with van der Waals surface area (Å²) in [6.45, 7) is 1.04. The number of amides is 2. The lowest BCUT2D eigenvalue weighted by Gasteiger charge is -2.37. The summed E-state index contributed by atoms with van der Waals surface area (Å²) in [5.41, 5.74) is 0.817. The summed E-state index contributed by atoms with van der Waals surface area (Å²) in [6.07, 6.45) is -2.61. The van der Waals surface area contributed by atoms with Crippen LogP contribution >= 0.6 is 0 Å². The number of alkyl halides is 3. The van der Waals surface area contributed by atoms with Crippen LogP contribution in [0.4, 0.5) is 23.7 Å². The Morgan fingerprint density at radius 1 is 1.03 bits per heavy atom. The summed E-state index contributed by atoms with van der Waals surface area (Å²) in [7, 11) is 0. The third-order valence-electron chi connectivity index (χ3n) is 5.37. The largest absolute Gasteiger partial charge is 0.416 e. The predicted octanol–water partition coefficient (Wildman–Crippen LogP) is 4.90. The minimum atomic E-state index is -4.36. The lowest BCUT2D eigenvalue weighted by atomic mass is 9.85. The van der Waals surface area contributed by atoms with Crippen LogP contribution in [0.2, 0.25) is 0 Å². The van der Waals surface area contributed by atoms with Gasteiger partial charge in [-0.1, -0.05) is 35.5 Å². The number of benzene rings is 2. The predicted molar refractivity (Wildman–Crippen MR) is 103 cm³/mol. The third-order valence-corrected chi connectivity index (χ3v) is 5.37. The van der Waals surface area contributed by atoms with Gasteiger partial charge in [0.05, 0.1) is 11.3 Å². The van der Waals surface area contributed by atoms with Crippen LogP contribution in [0.3, 0.4) is 0 Å². The van der Waals surface area contributed by atoms with Crippen LogP contribution in [0.1, 0.15) is 30.4 Å². The normalized spacial score (nSPS) is 18.3. The monoisotopic (exact) mass is 403 g/mol. The zero-order valence-electron chi connectivity index (χ0n) is 15.6. The number of hydrogen-bond acceptors (Lipinski definition) is 3. The Balaban J connectivity index is 1.34. The molecule has 2 heterocycles. The van der Waals surface area contributed by atoms with E-state index in [4.69, 9.17) is 4.84 Å². The maximum atomic E-state index is 12.7. The minimum Gasteiger partial charge on any atom is -0.388 e. The number of anilines is 1. The van der Waals surface area contributed by atoms with E-state index in [0.717, 1.165) is 17.8 Å². The molecule has 2 aromatic rings. The average molecular weight is 403 g/mol. The van der Waals surface area contributed by atoms with Gasteiger partial charge in [0.25, 0.3) is 0 Å². The van der Waals surface area contributed by atoms with Gasteiger partial charge in [0.1, 0.15) is 5.60 Å². The smallest absolute Gasteiger partial charge is 0.388 e. The molecule has 0 bridgehead atoms. The van der Waals surface area contributed by atoms with Crippen molar-refractivity contribution in [3.63, 3.8) is 0 Å². The highest BCUT2D eigenvalue weighted by atomic mass is 19.4. The molecule has 0 radical (unpaired) electrons. The first kappa shape index (κ1) is 19.3. The number of urea groups is 1. The van der Waals surface area contributed by atoms with E-state index in [1.165, 1.54) is 12.1 Å². The molecule has 152 valence electrons. The fourth-order valence-corrected chi connectivity index (χ4v) is 3.64. The number of hydrogen-bond donors (Lipinski definition) is 1. The average Bonchev–Trinajstić information content (AvgIpc) is 3.12. The van der Waals surface area contributed by atoms with Crippen molar-refractivity contribution >= 4 is 17.4 Å². The number of likely N-dealkylation sites (tertiary alicyclic amines) is 1. The van der Waals surface area contributed by atoms with Crippen molar-refractivity contribution in [2.45, 2.75) is 31.0 Å². The Kier molecular flexibility index (Phi) is 4.94. The summed E-state index contributed by atoms with van der Waals surface area (Å²) in [5, 5.41) is 7.00. The van der Waals surface area contributed by atoms with Gasteiger partial charge >= 0.3 is 12.2 Å². The molecule has 1 spiro atoms. The minimum absolute atomic E-state index is 0.159. The van der Waals surface area contributed by atoms with Crippen molar-refractivity contribution in [1.82, 2.24) is 4.90 Å². The maximum Gasteiger partial charge on any atom is 0.416 e. The molecule has 1 N–H and O–H groups in total. The zero-order valence-corrected chi connectivity index (χ0v) is 15.6. The molecule has 8 heteroatoms. The Bertz CT molecular complexity index is 903. The lowest BCUT2D eigenvalue weighted by Crippen LogP contribution is -2.48. The lowest BCUT2D eigenvalue weighted by molar-refractivity contribution is -0.137. The van der Waals surface area contributed by atoms with Crippen LogP contribution in [0.25, 0.3) is 0 Å². The van der Waals surface area contributed by atoms with Gasteiger partial charge in [-0.2, -0.15) is 13.2 Å². The molecule has 29 heavy (non-hydrogen) atoms. The Hall–Kier alpha value is -3.03. The molecular weight excluding hydrogens is 383 g/mol. The van der Waals surface area contributed by atoms with Crippen molar-refractivity contribution in [2.75, 3.05) is 18.4 Å². The summed E-state index contributed by atoms with van der Waals surface area (Å²) >= 11 is 0. The first-order valence-electron chi connectivity index (χ1n) is 9.38. The van der Waals surface area contributed by atoms with Crippen molar-refractivity contribution in [3.05, 3.63) is 65.7 Å². The van der Waals surface area contributed by atoms with Crippen molar-refractivity contribution < 1.29 is 22.8 Å². The standard InChI is InChI=1S/C21H20F3N3O2/c22-21(23,24)16-8-6-15(7-9-16)18-14-20(29-26-18)10-12-27(13-11-20)19(28)25-17-4-2-1-3-5-17/h1-9H,10-14H2,(H,25,28). The second-order valence-corrected chi connectivity index (χ2v) is 7.35. The number of rotatable bonds is 2. The Morgan fingerprint density at radius 2 is 1.69 bits per heavy atom. The molecule has 0 aromatic heterocycles. The maximum absolute atomic E-state index is 12.7. The number of nitrogens with zero attached hydrogens (tertiary/aromatic N) is 2. The number of para-hydroxylation sites is 1.